The zero-order valence-electron chi connectivity index (χ0n) is 16.9. The number of rotatable bonds is 2. The zero-order valence-corrected chi connectivity index (χ0v) is 17.9. The van der Waals surface area contributed by atoms with Crippen molar-refractivity contribution in [3.05, 3.63) is 12.2 Å². The van der Waals surface area contributed by atoms with Crippen LogP contribution in [0.5, 0.6) is 0 Å². The molecule has 0 radical (unpaired) electrons. The van der Waals surface area contributed by atoms with Crippen LogP contribution in [0, 0.1) is 71.0 Å². The van der Waals surface area contributed by atoms with E-state index in [4.69, 9.17) is 4.43 Å². The molecule has 0 aromatic rings. The minimum atomic E-state index is -2.02. The van der Waals surface area contributed by atoms with Crippen molar-refractivity contribution in [2.24, 2.45) is 71.0 Å². The van der Waals surface area contributed by atoms with E-state index in [1.807, 2.05) is 0 Å². The van der Waals surface area contributed by atoms with E-state index in [1.54, 1.807) is 0 Å². The molecule has 0 aromatic carbocycles. The van der Waals surface area contributed by atoms with Crippen LogP contribution in [0.4, 0.5) is 0 Å². The fraction of sp³-hybridized carbons (Fsp3) is 0.826. The normalized spacial score (nSPS) is 60.6. The van der Waals surface area contributed by atoms with Crippen LogP contribution >= 0.6 is 0 Å². The summed E-state index contributed by atoms with van der Waals surface area (Å²) in [6.45, 7) is 11.3. The van der Waals surface area contributed by atoms with E-state index >= 15 is 0 Å². The summed E-state index contributed by atoms with van der Waals surface area (Å²) in [5.74, 6) is 5.76. The predicted molar refractivity (Wildman–Crippen MR) is 103 cm³/mol. The van der Waals surface area contributed by atoms with Gasteiger partial charge in [-0.1, -0.05) is 32.9 Å². The third-order valence-electron chi connectivity index (χ3n) is 10.9. The average Bonchev–Trinajstić information content (AvgIpc) is 3.29. The van der Waals surface area contributed by atoms with Gasteiger partial charge in [-0.2, -0.15) is 0 Å². The van der Waals surface area contributed by atoms with Gasteiger partial charge in [0.25, 0.3) is 0 Å². The first-order valence-corrected chi connectivity index (χ1v) is 14.0. The smallest absolute Gasteiger partial charge is 0.192 e. The van der Waals surface area contributed by atoms with Gasteiger partial charge in [0.2, 0.25) is 0 Å². The second kappa shape index (κ2) is 4.23. The Hall–Kier alpha value is -0.743. The minimum Gasteiger partial charge on any atom is -0.412 e. The van der Waals surface area contributed by atoms with Gasteiger partial charge in [-0.05, 0) is 65.5 Å². The summed E-state index contributed by atoms with van der Waals surface area (Å²) in [4.78, 5) is 27.4. The number of Topliss-reactive ketones (excluding diaryl/α,β-unsaturated/α-hetero) is 2. The number of fused-ring (bicyclic) bond motifs is 2. The zero-order chi connectivity index (χ0) is 18.8. The molecule has 27 heavy (non-hydrogen) atoms. The molecule has 0 aromatic heterocycles. The second-order valence-electron chi connectivity index (χ2n) is 12.3. The van der Waals surface area contributed by atoms with E-state index in [0.29, 0.717) is 58.9 Å². The number of hydrogen-bond donors (Lipinski definition) is 0. The third kappa shape index (κ3) is 1.42. The molecule has 3 unspecified atom stereocenters. The highest BCUT2D eigenvalue weighted by Gasteiger charge is 2.85. The van der Waals surface area contributed by atoms with Crippen LogP contribution in [0.2, 0.25) is 18.1 Å². The Morgan fingerprint density at radius 2 is 1.19 bits per heavy atom. The Morgan fingerprint density at radius 3 is 1.63 bits per heavy atom. The Kier molecular flexibility index (Phi) is 2.52. The monoisotopic (exact) mass is 382 g/mol. The molecule has 6 saturated carbocycles. The maximum absolute atomic E-state index is 13.7. The van der Waals surface area contributed by atoms with Crippen molar-refractivity contribution in [3.8, 4) is 0 Å². The van der Waals surface area contributed by atoms with E-state index in [2.05, 4.69) is 46.0 Å². The van der Waals surface area contributed by atoms with E-state index in [9.17, 15) is 9.59 Å². The van der Waals surface area contributed by atoms with Gasteiger partial charge >= 0.3 is 0 Å². The number of carbonyl (C=O) groups excluding carboxylic acids is 2. The van der Waals surface area contributed by atoms with Gasteiger partial charge in [-0.3, -0.25) is 9.59 Å². The summed E-state index contributed by atoms with van der Waals surface area (Å²) in [6, 6.07) is 0. The van der Waals surface area contributed by atoms with Crippen molar-refractivity contribution in [1.82, 2.24) is 0 Å². The maximum Gasteiger partial charge on any atom is 0.192 e. The van der Waals surface area contributed by atoms with Crippen molar-refractivity contribution in [2.75, 3.05) is 0 Å². The highest BCUT2D eigenvalue weighted by Crippen LogP contribution is 2.82. The highest BCUT2D eigenvalue weighted by molar-refractivity contribution is 6.74. The molecule has 4 heteroatoms. The molecule has 0 bridgehead atoms. The Morgan fingerprint density at radius 1 is 0.741 bits per heavy atom. The molecule has 13 atom stereocenters. The molecule has 144 valence electrons. The van der Waals surface area contributed by atoms with E-state index in [-0.39, 0.29) is 34.8 Å². The molecule has 0 saturated heterocycles. The lowest BCUT2D eigenvalue weighted by molar-refractivity contribution is -0.132. The molecule has 0 amide bonds. The molecule has 6 fully saturated rings. The van der Waals surface area contributed by atoms with Gasteiger partial charge < -0.3 is 4.43 Å². The molecule has 0 aliphatic heterocycles. The lowest BCUT2D eigenvalue weighted by Gasteiger charge is -2.41. The van der Waals surface area contributed by atoms with Gasteiger partial charge in [-0.25, -0.2) is 0 Å². The van der Waals surface area contributed by atoms with Crippen LogP contribution in [0.1, 0.15) is 20.8 Å². The van der Waals surface area contributed by atoms with E-state index < -0.39 is 8.32 Å². The summed E-state index contributed by atoms with van der Waals surface area (Å²) in [6.07, 6.45) is 4.57. The highest BCUT2D eigenvalue weighted by atomic mass is 28.4. The SMILES string of the molecule is CC(C)(C)[Si](C)(C)OC1[C@@H]2C(=O)[C@@H]3[C@H]4C5C6[C@@H](C=C[C@@H]63)[C@H]3C(=O)[C@@H]1[C@@H]([C@H]53)[C@H]42. The average molecular weight is 383 g/mol. The van der Waals surface area contributed by atoms with Crippen molar-refractivity contribution in [2.45, 2.75) is 45.0 Å². The van der Waals surface area contributed by atoms with Gasteiger partial charge in [0.05, 0.1) is 6.10 Å². The van der Waals surface area contributed by atoms with Crippen molar-refractivity contribution >= 4 is 19.9 Å². The lowest BCUT2D eigenvalue weighted by Crippen LogP contribution is -2.49. The Balaban J connectivity index is 1.39. The standard InChI is InChI=1S/C23H30O3Si/c1-23(2,3)27(4,5)26-22-18-16-14-11(20(18)24)8-6-7-9-10(8)13(14)15-12(9)21(25)19(22)17(15)16/h6-19,22H,1-5H3/t8-,9+,10?,11-,12+,13?,14-,15-,16-,17-,18-,19-,22?/m0/s1. The summed E-state index contributed by atoms with van der Waals surface area (Å²) in [7, 11) is -2.02. The summed E-state index contributed by atoms with van der Waals surface area (Å²) in [5.41, 5.74) is 0. The number of hydrogen-bond acceptors (Lipinski definition) is 3. The molecular weight excluding hydrogens is 352 g/mol. The summed E-state index contributed by atoms with van der Waals surface area (Å²) in [5, 5.41) is 0.105. The van der Waals surface area contributed by atoms with Crippen molar-refractivity contribution in [3.63, 3.8) is 0 Å². The summed E-state index contributed by atoms with van der Waals surface area (Å²) >= 11 is 0. The maximum atomic E-state index is 13.7. The molecule has 0 N–H and O–H groups in total. The Bertz CT molecular complexity index is 785. The largest absolute Gasteiger partial charge is 0.412 e. The van der Waals surface area contributed by atoms with E-state index in [0.717, 1.165) is 0 Å². The first kappa shape index (κ1) is 16.1. The van der Waals surface area contributed by atoms with Crippen LogP contribution in [0.15, 0.2) is 12.2 Å². The van der Waals surface area contributed by atoms with Gasteiger partial charge in [0.1, 0.15) is 11.6 Å². The van der Waals surface area contributed by atoms with Gasteiger partial charge in [0.15, 0.2) is 8.32 Å². The Labute approximate surface area is 162 Å². The molecule has 0 heterocycles. The van der Waals surface area contributed by atoms with Crippen LogP contribution < -0.4 is 0 Å². The van der Waals surface area contributed by atoms with Crippen LogP contribution in [-0.2, 0) is 14.0 Å². The first-order chi connectivity index (χ1) is 12.6. The minimum absolute atomic E-state index is 0.0213. The fourth-order valence-electron chi connectivity index (χ4n) is 9.46. The van der Waals surface area contributed by atoms with Crippen LogP contribution in [0.3, 0.4) is 0 Å². The fourth-order valence-corrected chi connectivity index (χ4v) is 10.8. The van der Waals surface area contributed by atoms with Crippen molar-refractivity contribution in [1.29, 1.82) is 0 Å². The second-order valence-corrected chi connectivity index (χ2v) is 17.0. The topological polar surface area (TPSA) is 43.4 Å². The molecular formula is C23H30O3Si. The number of carbonyl (C=O) groups is 2. The number of ketones is 2. The molecule has 7 rings (SSSR count). The van der Waals surface area contributed by atoms with Crippen LogP contribution in [-0.4, -0.2) is 26.0 Å². The molecule has 0 spiro atoms. The van der Waals surface area contributed by atoms with Gasteiger partial charge in [0, 0.05) is 23.7 Å². The van der Waals surface area contributed by atoms with Crippen molar-refractivity contribution < 1.29 is 14.0 Å². The van der Waals surface area contributed by atoms with E-state index in [1.165, 1.54) is 0 Å². The third-order valence-corrected chi connectivity index (χ3v) is 15.3. The summed E-state index contributed by atoms with van der Waals surface area (Å²) < 4.78 is 6.94. The first-order valence-electron chi connectivity index (χ1n) is 11.1. The quantitative estimate of drug-likeness (QED) is 0.542. The number of allylic oxidation sites excluding steroid dienone is 2. The molecule has 7 aliphatic rings. The predicted octanol–water partition coefficient (Wildman–Crippen LogP) is 3.56. The lowest BCUT2D eigenvalue weighted by atomic mass is 9.78. The molecule has 3 nitrogen and oxygen atoms in total. The molecule has 7 aliphatic carbocycles. The van der Waals surface area contributed by atoms with Gasteiger partial charge in [-0.15, -0.1) is 0 Å². The van der Waals surface area contributed by atoms with Crippen LogP contribution in [0.25, 0.3) is 0 Å².